The average Bonchev–Trinajstić information content (AvgIpc) is 2.53. The van der Waals surface area contributed by atoms with Crippen LogP contribution in [-0.4, -0.2) is 51.9 Å². The Morgan fingerprint density at radius 1 is 1.25 bits per heavy atom. The number of nitrogens with one attached hydrogen (secondary N) is 2. The third-order valence-electron chi connectivity index (χ3n) is 3.48. The van der Waals surface area contributed by atoms with Crippen LogP contribution in [0.25, 0.3) is 0 Å². The number of ether oxygens (including phenoxy) is 1. The molecule has 0 bridgehead atoms. The first-order chi connectivity index (χ1) is 12.5. The van der Waals surface area contributed by atoms with E-state index in [0.717, 1.165) is 5.56 Å². The van der Waals surface area contributed by atoms with Crippen LogP contribution in [0.3, 0.4) is 0 Å². The van der Waals surface area contributed by atoms with Crippen molar-refractivity contribution in [1.29, 1.82) is 0 Å². The molecule has 0 saturated heterocycles. The Hall–Kier alpha value is -1.24. The minimum atomic E-state index is -4.70. The molecular weight excluding hydrogens is 510 g/mol. The molecule has 0 aliphatic carbocycles. The topological polar surface area (TPSA) is 79.8 Å². The average molecular weight is 537 g/mol. The third-order valence-corrected chi connectivity index (χ3v) is 4.45. The van der Waals surface area contributed by atoms with Gasteiger partial charge in [0, 0.05) is 25.4 Å². The highest BCUT2D eigenvalue weighted by Gasteiger charge is 2.30. The predicted octanol–water partition coefficient (Wildman–Crippen LogP) is 3.12. The maximum absolute atomic E-state index is 12.1. The van der Waals surface area contributed by atoms with E-state index >= 15 is 0 Å². The lowest BCUT2D eigenvalue weighted by Gasteiger charge is -2.17. The first kappa shape index (κ1) is 26.8. The second-order valence-electron chi connectivity index (χ2n) is 6.17. The van der Waals surface area contributed by atoms with Crippen molar-refractivity contribution in [2.24, 2.45) is 4.99 Å². The minimum Gasteiger partial charge on any atom is -0.406 e. The molecule has 0 aromatic heterocycles. The smallest absolute Gasteiger partial charge is 0.406 e. The Labute approximate surface area is 181 Å². The molecule has 28 heavy (non-hydrogen) atoms. The molecule has 11 heteroatoms. The van der Waals surface area contributed by atoms with Crippen LogP contribution in [0.15, 0.2) is 29.3 Å². The van der Waals surface area contributed by atoms with E-state index in [0.29, 0.717) is 31.9 Å². The lowest BCUT2D eigenvalue weighted by molar-refractivity contribution is -0.274. The van der Waals surface area contributed by atoms with Gasteiger partial charge in [-0.05, 0) is 44.4 Å². The molecule has 0 spiro atoms. The van der Waals surface area contributed by atoms with Gasteiger partial charge in [-0.15, -0.1) is 37.1 Å². The second-order valence-corrected chi connectivity index (χ2v) is 8.43. The molecule has 0 aliphatic rings. The van der Waals surface area contributed by atoms with Gasteiger partial charge in [-0.2, -0.15) is 0 Å². The number of hydrogen-bond donors (Lipinski definition) is 2. The van der Waals surface area contributed by atoms with Gasteiger partial charge in [0.1, 0.15) is 15.6 Å². The van der Waals surface area contributed by atoms with Crippen LogP contribution in [0, 0.1) is 0 Å². The summed E-state index contributed by atoms with van der Waals surface area (Å²) >= 11 is 0. The fourth-order valence-electron chi connectivity index (χ4n) is 2.17. The summed E-state index contributed by atoms with van der Waals surface area (Å²) in [7, 11) is -3.02. The molecule has 0 amide bonds. The molecule has 0 radical (unpaired) electrons. The molecule has 0 aliphatic heterocycles. The van der Waals surface area contributed by atoms with Crippen molar-refractivity contribution in [3.05, 3.63) is 29.8 Å². The number of guanidine groups is 1. The Bertz CT molecular complexity index is 711. The van der Waals surface area contributed by atoms with Gasteiger partial charge >= 0.3 is 6.36 Å². The largest absolute Gasteiger partial charge is 0.573 e. The number of halogens is 4. The lowest BCUT2D eigenvalue weighted by Crippen LogP contribution is -2.43. The number of alkyl halides is 3. The fourth-order valence-corrected chi connectivity index (χ4v) is 2.95. The molecule has 2 N–H and O–H groups in total. The van der Waals surface area contributed by atoms with Crippen LogP contribution in [-0.2, 0) is 16.3 Å². The van der Waals surface area contributed by atoms with E-state index in [1.807, 2.05) is 13.8 Å². The number of hydrogen-bond acceptors (Lipinski definition) is 4. The van der Waals surface area contributed by atoms with Crippen LogP contribution in [0.5, 0.6) is 5.75 Å². The molecule has 162 valence electrons. The Morgan fingerprint density at radius 2 is 1.86 bits per heavy atom. The summed E-state index contributed by atoms with van der Waals surface area (Å²) in [5.41, 5.74) is 0.828. The predicted molar refractivity (Wildman–Crippen MR) is 115 cm³/mol. The Balaban J connectivity index is 0.00000729. The maximum Gasteiger partial charge on any atom is 0.573 e. The number of aliphatic imine (C=N–C) groups is 1. The number of nitrogens with zero attached hydrogens (tertiary/aromatic N) is 1. The second kappa shape index (κ2) is 12.3. The highest BCUT2D eigenvalue weighted by molar-refractivity contribution is 14.0. The summed E-state index contributed by atoms with van der Waals surface area (Å²) in [6, 6.07) is 5.58. The third kappa shape index (κ3) is 13.0. The minimum absolute atomic E-state index is 0. The monoisotopic (exact) mass is 537 g/mol. The van der Waals surface area contributed by atoms with E-state index < -0.39 is 16.2 Å². The highest BCUT2D eigenvalue weighted by atomic mass is 127. The van der Waals surface area contributed by atoms with Crippen LogP contribution >= 0.6 is 24.0 Å². The van der Waals surface area contributed by atoms with E-state index in [9.17, 15) is 21.6 Å². The molecule has 1 rings (SSSR count). The molecule has 1 unspecified atom stereocenters. The highest BCUT2D eigenvalue weighted by Crippen LogP contribution is 2.22. The SMILES string of the molecule is CCNC(=NCCc1ccc(OC(F)(F)F)cc1)NC(C)CCS(C)(=O)=O.I. The molecule has 1 atom stereocenters. The van der Waals surface area contributed by atoms with Crippen LogP contribution in [0.4, 0.5) is 13.2 Å². The van der Waals surface area contributed by atoms with Crippen LogP contribution in [0.2, 0.25) is 0 Å². The summed E-state index contributed by atoms with van der Waals surface area (Å²) < 4.78 is 62.7. The molecular formula is C17H27F3IN3O3S. The van der Waals surface area contributed by atoms with E-state index in [2.05, 4.69) is 20.4 Å². The first-order valence-electron chi connectivity index (χ1n) is 8.56. The van der Waals surface area contributed by atoms with Gasteiger partial charge in [0.25, 0.3) is 0 Å². The van der Waals surface area contributed by atoms with Crippen molar-refractivity contribution in [3.63, 3.8) is 0 Å². The molecule has 0 saturated carbocycles. The van der Waals surface area contributed by atoms with E-state index in [4.69, 9.17) is 0 Å². The van der Waals surface area contributed by atoms with Crippen LogP contribution < -0.4 is 15.4 Å². The summed E-state index contributed by atoms with van der Waals surface area (Å²) in [5, 5.41) is 6.22. The van der Waals surface area contributed by atoms with E-state index in [1.54, 1.807) is 12.1 Å². The first-order valence-corrected chi connectivity index (χ1v) is 10.6. The zero-order valence-corrected chi connectivity index (χ0v) is 19.2. The zero-order chi connectivity index (χ0) is 20.5. The standard InChI is InChI=1S/C17H26F3N3O3S.HI/c1-4-21-16(23-13(2)10-12-27(3,24)25)22-11-9-14-5-7-15(8-6-14)26-17(18,19)20;/h5-8,13H,4,9-12H2,1-3H3,(H2,21,22,23);1H. The van der Waals surface area contributed by atoms with Crippen molar-refractivity contribution in [2.45, 2.75) is 39.1 Å². The van der Waals surface area contributed by atoms with Gasteiger partial charge in [-0.25, -0.2) is 8.42 Å². The number of benzene rings is 1. The summed E-state index contributed by atoms with van der Waals surface area (Å²) in [4.78, 5) is 4.41. The maximum atomic E-state index is 12.1. The fraction of sp³-hybridized carbons (Fsp3) is 0.588. The summed E-state index contributed by atoms with van der Waals surface area (Å²) in [5.74, 6) is 0.396. The lowest BCUT2D eigenvalue weighted by atomic mass is 10.1. The van der Waals surface area contributed by atoms with Crippen molar-refractivity contribution < 1.29 is 26.3 Å². The summed E-state index contributed by atoms with van der Waals surface area (Å²) in [6.45, 7) is 4.86. The van der Waals surface area contributed by atoms with Gasteiger partial charge in [0.05, 0.1) is 5.75 Å². The van der Waals surface area contributed by atoms with Crippen molar-refractivity contribution in [1.82, 2.24) is 10.6 Å². The van der Waals surface area contributed by atoms with Crippen LogP contribution in [0.1, 0.15) is 25.8 Å². The van der Waals surface area contributed by atoms with Gasteiger partial charge in [-0.3, -0.25) is 4.99 Å². The van der Waals surface area contributed by atoms with Gasteiger partial charge in [-0.1, -0.05) is 12.1 Å². The normalized spacial score (nSPS) is 13.4. The number of sulfone groups is 1. The van der Waals surface area contributed by atoms with Gasteiger partial charge < -0.3 is 15.4 Å². The van der Waals surface area contributed by atoms with Crippen molar-refractivity contribution in [3.8, 4) is 5.75 Å². The van der Waals surface area contributed by atoms with Gasteiger partial charge in [0.2, 0.25) is 0 Å². The Morgan fingerprint density at radius 3 is 2.36 bits per heavy atom. The van der Waals surface area contributed by atoms with E-state index in [-0.39, 0.29) is 41.5 Å². The number of rotatable bonds is 9. The quantitative estimate of drug-likeness (QED) is 0.288. The van der Waals surface area contributed by atoms with E-state index in [1.165, 1.54) is 18.4 Å². The molecule has 0 heterocycles. The zero-order valence-electron chi connectivity index (χ0n) is 16.0. The molecule has 6 nitrogen and oxygen atoms in total. The molecule has 1 aromatic rings. The Kier molecular flexibility index (Phi) is 11.8. The van der Waals surface area contributed by atoms with Crippen molar-refractivity contribution >= 4 is 39.8 Å². The van der Waals surface area contributed by atoms with Crippen molar-refractivity contribution in [2.75, 3.05) is 25.1 Å². The molecule has 1 aromatic carbocycles. The van der Waals surface area contributed by atoms with Gasteiger partial charge in [0.15, 0.2) is 5.96 Å². The molecule has 0 fully saturated rings. The summed E-state index contributed by atoms with van der Waals surface area (Å²) in [6.07, 6.45) is -2.50.